The molecule has 0 spiro atoms. The van der Waals surface area contributed by atoms with Crippen LogP contribution in [0.5, 0.6) is 0 Å². The fourth-order valence-corrected chi connectivity index (χ4v) is 2.51. The quantitative estimate of drug-likeness (QED) is 0.725. The van der Waals surface area contributed by atoms with Crippen molar-refractivity contribution in [3.8, 4) is 0 Å². The Bertz CT molecular complexity index is 279. The zero-order valence-electron chi connectivity index (χ0n) is 9.06. The molecule has 0 saturated carbocycles. The molecule has 0 aromatic carbocycles. The third-order valence-corrected chi connectivity index (χ3v) is 3.37. The second kappa shape index (κ2) is 4.18. The Morgan fingerprint density at radius 3 is 2.33 bits per heavy atom. The summed E-state index contributed by atoms with van der Waals surface area (Å²) in [6.07, 6.45) is 1.28. The van der Waals surface area contributed by atoms with Gasteiger partial charge < -0.3 is 10.2 Å². The zero-order chi connectivity index (χ0) is 11.6. The Balaban J connectivity index is 3.02. The summed E-state index contributed by atoms with van der Waals surface area (Å²) < 4.78 is 0. The molecule has 2 atom stereocenters. The van der Waals surface area contributed by atoms with Crippen molar-refractivity contribution in [2.24, 2.45) is 0 Å². The zero-order valence-corrected chi connectivity index (χ0v) is 9.06. The van der Waals surface area contributed by atoms with Gasteiger partial charge in [0.25, 0.3) is 0 Å². The highest BCUT2D eigenvalue weighted by Gasteiger charge is 2.52. The van der Waals surface area contributed by atoms with Crippen LogP contribution in [-0.2, 0) is 9.59 Å². The summed E-state index contributed by atoms with van der Waals surface area (Å²) in [6, 6.07) is -0.647. The van der Waals surface area contributed by atoms with Gasteiger partial charge >= 0.3 is 11.9 Å². The second-order valence-electron chi connectivity index (χ2n) is 3.87. The van der Waals surface area contributed by atoms with Crippen LogP contribution in [0.4, 0.5) is 0 Å². The van der Waals surface area contributed by atoms with Crippen molar-refractivity contribution in [3.05, 3.63) is 0 Å². The molecule has 15 heavy (non-hydrogen) atoms. The predicted octanol–water partition coefficient (Wildman–Crippen LogP) is 0.789. The van der Waals surface area contributed by atoms with E-state index >= 15 is 0 Å². The predicted molar refractivity (Wildman–Crippen MR) is 53.7 cm³/mol. The minimum atomic E-state index is -0.974. The van der Waals surface area contributed by atoms with Crippen LogP contribution >= 0.6 is 0 Å². The van der Waals surface area contributed by atoms with E-state index in [4.69, 9.17) is 5.11 Å². The maximum Gasteiger partial charge on any atom is 0.324 e. The molecule has 0 aliphatic carbocycles. The van der Waals surface area contributed by atoms with Gasteiger partial charge in [0.2, 0.25) is 0 Å². The molecule has 1 rings (SSSR count). The highest BCUT2D eigenvalue weighted by atomic mass is 16.4. The van der Waals surface area contributed by atoms with Gasteiger partial charge in [0.15, 0.2) is 0 Å². The molecule has 0 amide bonds. The third kappa shape index (κ3) is 1.71. The van der Waals surface area contributed by atoms with Gasteiger partial charge in [-0.2, -0.15) is 0 Å². The summed E-state index contributed by atoms with van der Waals surface area (Å²) in [5, 5.41) is 18.2. The molecule has 1 heterocycles. The van der Waals surface area contributed by atoms with E-state index in [9.17, 15) is 14.7 Å². The van der Waals surface area contributed by atoms with Gasteiger partial charge in [0.1, 0.15) is 11.6 Å². The van der Waals surface area contributed by atoms with Crippen LogP contribution in [0.3, 0.4) is 0 Å². The standard InChI is InChI=1S/C10H17NO4/c1-3-10(9(14)15)6-5-7(8(12)13)11(10)4-2/h7H,3-6H2,1-2H3,(H,12,13)(H,14,15)/t7-,10+/m0/s1. The monoisotopic (exact) mass is 215 g/mol. The fourth-order valence-electron chi connectivity index (χ4n) is 2.51. The van der Waals surface area contributed by atoms with Crippen LogP contribution in [0.15, 0.2) is 0 Å². The van der Waals surface area contributed by atoms with Gasteiger partial charge in [-0.1, -0.05) is 13.8 Å². The lowest BCUT2D eigenvalue weighted by atomic mass is 9.93. The highest BCUT2D eigenvalue weighted by molar-refractivity contribution is 5.82. The van der Waals surface area contributed by atoms with E-state index in [0.717, 1.165) is 0 Å². The maximum atomic E-state index is 11.3. The number of rotatable bonds is 4. The van der Waals surface area contributed by atoms with Gasteiger partial charge in [-0.25, -0.2) is 0 Å². The number of nitrogens with zero attached hydrogens (tertiary/aromatic N) is 1. The largest absolute Gasteiger partial charge is 0.480 e. The van der Waals surface area contributed by atoms with Crippen molar-refractivity contribution in [2.75, 3.05) is 6.54 Å². The van der Waals surface area contributed by atoms with E-state index in [1.165, 1.54) is 0 Å². The van der Waals surface area contributed by atoms with Gasteiger partial charge in [-0.05, 0) is 25.8 Å². The number of aliphatic carboxylic acids is 2. The minimum absolute atomic E-state index is 0.420. The van der Waals surface area contributed by atoms with E-state index in [-0.39, 0.29) is 0 Å². The Labute approximate surface area is 88.7 Å². The van der Waals surface area contributed by atoms with E-state index in [1.54, 1.807) is 18.7 Å². The molecular formula is C10H17NO4. The number of hydrogen-bond acceptors (Lipinski definition) is 3. The van der Waals surface area contributed by atoms with Crippen molar-refractivity contribution in [2.45, 2.75) is 44.7 Å². The van der Waals surface area contributed by atoms with Crippen molar-refractivity contribution in [3.63, 3.8) is 0 Å². The Hall–Kier alpha value is -1.10. The smallest absolute Gasteiger partial charge is 0.324 e. The Morgan fingerprint density at radius 2 is 2.00 bits per heavy atom. The molecule has 1 fully saturated rings. The van der Waals surface area contributed by atoms with Crippen LogP contribution in [0.25, 0.3) is 0 Å². The molecule has 0 radical (unpaired) electrons. The number of likely N-dealkylation sites (N-methyl/N-ethyl adjacent to an activating group) is 1. The molecule has 1 saturated heterocycles. The number of carbonyl (C=O) groups is 2. The molecule has 5 heteroatoms. The first-order chi connectivity index (χ1) is 6.99. The maximum absolute atomic E-state index is 11.3. The van der Waals surface area contributed by atoms with Gasteiger partial charge in [-0.3, -0.25) is 14.5 Å². The molecule has 2 N–H and O–H groups in total. The molecule has 0 aromatic heterocycles. The summed E-state index contributed by atoms with van der Waals surface area (Å²) in [5.74, 6) is -1.83. The fraction of sp³-hybridized carbons (Fsp3) is 0.800. The number of hydrogen-bond donors (Lipinski definition) is 2. The Morgan fingerprint density at radius 1 is 1.40 bits per heavy atom. The lowest BCUT2D eigenvalue weighted by molar-refractivity contribution is -0.154. The first-order valence-electron chi connectivity index (χ1n) is 5.22. The summed E-state index contributed by atoms with van der Waals surface area (Å²) in [4.78, 5) is 23.8. The van der Waals surface area contributed by atoms with Crippen molar-refractivity contribution in [1.82, 2.24) is 4.90 Å². The lowest BCUT2D eigenvalue weighted by Crippen LogP contribution is -2.54. The normalized spacial score (nSPS) is 31.7. The van der Waals surface area contributed by atoms with E-state index < -0.39 is 23.5 Å². The molecule has 5 nitrogen and oxygen atoms in total. The SMILES string of the molecule is CCN1[C@H](C(=O)O)CC[C@]1(CC)C(=O)O. The van der Waals surface area contributed by atoms with Gasteiger partial charge in [-0.15, -0.1) is 0 Å². The number of carboxylic acids is 2. The summed E-state index contributed by atoms with van der Waals surface area (Å²) >= 11 is 0. The summed E-state index contributed by atoms with van der Waals surface area (Å²) in [6.45, 7) is 4.05. The van der Waals surface area contributed by atoms with Crippen molar-refractivity contribution < 1.29 is 19.8 Å². The molecule has 1 aliphatic rings. The first kappa shape index (κ1) is 12.0. The average molecular weight is 215 g/mol. The molecule has 0 unspecified atom stereocenters. The molecule has 0 bridgehead atoms. The van der Waals surface area contributed by atoms with Crippen molar-refractivity contribution in [1.29, 1.82) is 0 Å². The van der Waals surface area contributed by atoms with Crippen LogP contribution in [0.2, 0.25) is 0 Å². The topological polar surface area (TPSA) is 77.8 Å². The lowest BCUT2D eigenvalue weighted by Gasteiger charge is -2.35. The van der Waals surface area contributed by atoms with E-state index in [0.29, 0.717) is 25.8 Å². The second-order valence-corrected chi connectivity index (χ2v) is 3.87. The molecular weight excluding hydrogens is 198 g/mol. The van der Waals surface area contributed by atoms with E-state index in [2.05, 4.69) is 0 Å². The first-order valence-corrected chi connectivity index (χ1v) is 5.22. The molecule has 1 aliphatic heterocycles. The van der Waals surface area contributed by atoms with Gasteiger partial charge in [0, 0.05) is 0 Å². The van der Waals surface area contributed by atoms with Crippen LogP contribution in [0, 0.1) is 0 Å². The minimum Gasteiger partial charge on any atom is -0.480 e. The number of likely N-dealkylation sites (tertiary alicyclic amines) is 1. The highest BCUT2D eigenvalue weighted by Crippen LogP contribution is 2.36. The van der Waals surface area contributed by atoms with E-state index in [1.807, 2.05) is 0 Å². The van der Waals surface area contributed by atoms with Gasteiger partial charge in [0.05, 0.1) is 0 Å². The van der Waals surface area contributed by atoms with Crippen molar-refractivity contribution >= 4 is 11.9 Å². The average Bonchev–Trinajstić information content (AvgIpc) is 2.56. The van der Waals surface area contributed by atoms with Crippen LogP contribution < -0.4 is 0 Å². The van der Waals surface area contributed by atoms with Crippen LogP contribution in [0.1, 0.15) is 33.1 Å². The Kier molecular flexibility index (Phi) is 3.34. The summed E-state index contributed by atoms with van der Waals surface area (Å²) in [7, 11) is 0. The number of carboxylic acid groups (broad SMARTS) is 2. The molecule has 86 valence electrons. The molecule has 0 aromatic rings. The third-order valence-electron chi connectivity index (χ3n) is 3.37. The summed E-state index contributed by atoms with van der Waals surface area (Å²) in [5.41, 5.74) is -0.974. The van der Waals surface area contributed by atoms with Crippen LogP contribution in [-0.4, -0.2) is 45.2 Å².